The van der Waals surface area contributed by atoms with E-state index >= 15 is 0 Å². The highest BCUT2D eigenvalue weighted by molar-refractivity contribution is 7.54. The van der Waals surface area contributed by atoms with Gasteiger partial charge in [0.25, 0.3) is 0 Å². The van der Waals surface area contributed by atoms with E-state index < -0.39 is 7.60 Å². The summed E-state index contributed by atoms with van der Waals surface area (Å²) in [6.45, 7) is 3.64. The van der Waals surface area contributed by atoms with Gasteiger partial charge < -0.3 is 9.05 Å². The summed E-state index contributed by atoms with van der Waals surface area (Å²) in [5.41, 5.74) is 0. The van der Waals surface area contributed by atoms with E-state index in [1.807, 2.05) is 6.92 Å². The van der Waals surface area contributed by atoms with Gasteiger partial charge in [-0.15, -0.1) is 5.92 Å². The monoisotopic (exact) mass is 188 g/mol. The van der Waals surface area contributed by atoms with Gasteiger partial charge in [0.15, 0.2) is 0 Å². The van der Waals surface area contributed by atoms with Gasteiger partial charge in [0.1, 0.15) is 0 Å². The summed E-state index contributed by atoms with van der Waals surface area (Å²) in [6.07, 6.45) is 0.342. The Bertz CT molecular complexity index is 263. The second kappa shape index (κ2) is 3.62. The molecule has 0 radical (unpaired) electrons. The normalized spacial score (nSPS) is 40.6. The highest BCUT2D eigenvalue weighted by Gasteiger charge is 2.40. The molecule has 12 heavy (non-hydrogen) atoms. The molecule has 1 aliphatic heterocycles. The number of hydrogen-bond donors (Lipinski definition) is 0. The zero-order valence-electron chi connectivity index (χ0n) is 7.53. The molecule has 1 fully saturated rings. The van der Waals surface area contributed by atoms with Crippen LogP contribution in [0.5, 0.6) is 0 Å². The molecule has 1 aliphatic rings. The van der Waals surface area contributed by atoms with Gasteiger partial charge in [-0.1, -0.05) is 5.92 Å². The largest absolute Gasteiger partial charge is 0.332 e. The summed E-state index contributed by atoms with van der Waals surface area (Å²) in [4.78, 5) is 0. The highest BCUT2D eigenvalue weighted by Crippen LogP contribution is 2.56. The molecule has 0 bridgehead atoms. The van der Waals surface area contributed by atoms with Gasteiger partial charge in [-0.3, -0.25) is 4.57 Å². The molecule has 0 aromatic heterocycles. The Morgan fingerprint density at radius 1 is 1.67 bits per heavy atom. The van der Waals surface area contributed by atoms with Crippen LogP contribution >= 0.6 is 7.60 Å². The number of hydrogen-bond acceptors (Lipinski definition) is 3. The fourth-order valence-electron chi connectivity index (χ4n) is 1.23. The maximum atomic E-state index is 11.6. The van der Waals surface area contributed by atoms with Crippen molar-refractivity contribution in [1.29, 1.82) is 0 Å². The third-order valence-corrected chi connectivity index (χ3v) is 3.97. The molecule has 3 unspecified atom stereocenters. The van der Waals surface area contributed by atoms with E-state index in [9.17, 15) is 4.57 Å². The lowest BCUT2D eigenvalue weighted by Gasteiger charge is -2.07. The first kappa shape index (κ1) is 9.80. The topological polar surface area (TPSA) is 35.5 Å². The molecule has 3 nitrogen and oxygen atoms in total. The molecule has 1 saturated heterocycles. The Kier molecular flexibility index (Phi) is 2.95. The fraction of sp³-hybridized carbons (Fsp3) is 0.750. The lowest BCUT2D eigenvalue weighted by Crippen LogP contribution is -2.10. The van der Waals surface area contributed by atoms with Crippen molar-refractivity contribution in [3.8, 4) is 11.8 Å². The van der Waals surface area contributed by atoms with Crippen LogP contribution in [0.3, 0.4) is 0 Å². The Hall–Kier alpha value is -0.290. The summed E-state index contributed by atoms with van der Waals surface area (Å²) in [5.74, 6) is 5.81. The smallest absolute Gasteiger partial charge is 0.312 e. The Morgan fingerprint density at radius 2 is 2.33 bits per heavy atom. The van der Waals surface area contributed by atoms with E-state index in [0.29, 0.717) is 6.16 Å². The van der Waals surface area contributed by atoms with Crippen LogP contribution in [-0.2, 0) is 13.6 Å². The van der Waals surface area contributed by atoms with Gasteiger partial charge in [-0.05, 0) is 13.8 Å². The molecule has 0 aromatic rings. The summed E-state index contributed by atoms with van der Waals surface area (Å²) < 4.78 is 21.6. The quantitative estimate of drug-likeness (QED) is 0.465. The molecule has 1 rings (SSSR count). The number of rotatable bonds is 1. The van der Waals surface area contributed by atoms with E-state index in [4.69, 9.17) is 9.05 Å². The van der Waals surface area contributed by atoms with Crippen LogP contribution in [0.1, 0.15) is 13.8 Å². The summed E-state index contributed by atoms with van der Waals surface area (Å²) in [6, 6.07) is 0. The van der Waals surface area contributed by atoms with Gasteiger partial charge >= 0.3 is 7.60 Å². The molecule has 3 atom stereocenters. The fourth-order valence-corrected chi connectivity index (χ4v) is 3.07. The minimum atomic E-state index is -2.80. The van der Waals surface area contributed by atoms with E-state index in [-0.39, 0.29) is 12.0 Å². The predicted molar refractivity (Wildman–Crippen MR) is 47.0 cm³/mol. The zero-order valence-corrected chi connectivity index (χ0v) is 8.43. The van der Waals surface area contributed by atoms with Gasteiger partial charge in [-0.2, -0.15) is 0 Å². The molecule has 4 heteroatoms. The van der Waals surface area contributed by atoms with Crippen molar-refractivity contribution in [2.45, 2.75) is 20.0 Å². The first-order valence-corrected chi connectivity index (χ1v) is 5.59. The van der Waals surface area contributed by atoms with Crippen LogP contribution in [-0.4, -0.2) is 19.4 Å². The van der Waals surface area contributed by atoms with Crippen molar-refractivity contribution in [3.63, 3.8) is 0 Å². The van der Waals surface area contributed by atoms with Crippen LogP contribution in [0.2, 0.25) is 0 Å². The minimum absolute atomic E-state index is 0.0563. The minimum Gasteiger partial charge on any atom is -0.312 e. The molecule has 1 heterocycles. The van der Waals surface area contributed by atoms with Gasteiger partial charge in [0.05, 0.1) is 18.2 Å². The molecule has 0 saturated carbocycles. The van der Waals surface area contributed by atoms with Gasteiger partial charge in [0.2, 0.25) is 0 Å². The summed E-state index contributed by atoms with van der Waals surface area (Å²) in [7, 11) is -1.38. The van der Waals surface area contributed by atoms with E-state index in [2.05, 4.69) is 11.8 Å². The van der Waals surface area contributed by atoms with Crippen molar-refractivity contribution in [3.05, 3.63) is 0 Å². The molecule has 0 aromatic carbocycles. The average Bonchev–Trinajstić information content (AvgIpc) is 2.30. The van der Waals surface area contributed by atoms with E-state index in [1.165, 1.54) is 7.11 Å². The van der Waals surface area contributed by atoms with E-state index in [1.54, 1.807) is 6.92 Å². The van der Waals surface area contributed by atoms with Crippen LogP contribution in [0.15, 0.2) is 0 Å². The molecule has 0 aliphatic carbocycles. The van der Waals surface area contributed by atoms with Crippen LogP contribution in [0.25, 0.3) is 0 Å². The maximum Gasteiger partial charge on any atom is 0.332 e. The molecular formula is C8H13O3P. The summed E-state index contributed by atoms with van der Waals surface area (Å²) >= 11 is 0. The average molecular weight is 188 g/mol. The Morgan fingerprint density at radius 3 is 2.75 bits per heavy atom. The maximum absolute atomic E-state index is 11.6. The summed E-state index contributed by atoms with van der Waals surface area (Å²) in [5, 5.41) is 0. The lowest BCUT2D eigenvalue weighted by molar-refractivity contribution is 0.192. The molecule has 0 spiro atoms. The van der Waals surface area contributed by atoms with Crippen LogP contribution < -0.4 is 0 Å². The molecule has 68 valence electrons. The zero-order chi connectivity index (χ0) is 9.19. The first-order chi connectivity index (χ1) is 5.61. The Labute approximate surface area is 73.0 Å². The Balaban J connectivity index is 2.72. The second-order valence-corrected chi connectivity index (χ2v) is 4.95. The first-order valence-electron chi connectivity index (χ1n) is 3.87. The van der Waals surface area contributed by atoms with Crippen molar-refractivity contribution >= 4 is 7.60 Å². The molecule has 0 N–H and O–H groups in total. The van der Waals surface area contributed by atoms with Crippen molar-refractivity contribution in [1.82, 2.24) is 0 Å². The second-order valence-electron chi connectivity index (χ2n) is 2.79. The molecule has 0 amide bonds. The van der Waals surface area contributed by atoms with Crippen molar-refractivity contribution in [2.24, 2.45) is 5.92 Å². The van der Waals surface area contributed by atoms with Crippen LogP contribution in [0.4, 0.5) is 0 Å². The van der Waals surface area contributed by atoms with E-state index in [0.717, 1.165) is 0 Å². The third-order valence-electron chi connectivity index (χ3n) is 1.92. The van der Waals surface area contributed by atoms with Crippen molar-refractivity contribution in [2.75, 3.05) is 13.3 Å². The van der Waals surface area contributed by atoms with Crippen molar-refractivity contribution < 1.29 is 13.6 Å². The third kappa shape index (κ3) is 1.90. The standard InChI is InChI=1S/C8H13O3P/c1-4-5-8-6-12(9,10-3)11-7(8)2/h7-8H,6H2,1-3H3. The van der Waals surface area contributed by atoms with Gasteiger partial charge in [-0.25, -0.2) is 0 Å². The molecular weight excluding hydrogens is 175 g/mol. The lowest BCUT2D eigenvalue weighted by atomic mass is 10.1. The van der Waals surface area contributed by atoms with Gasteiger partial charge in [0, 0.05) is 7.11 Å². The highest BCUT2D eigenvalue weighted by atomic mass is 31.2. The SMILES string of the molecule is CC#CC1CP(=O)(OC)OC1C. The predicted octanol–water partition coefficient (Wildman–Crippen LogP) is 1.88. The van der Waals surface area contributed by atoms with Crippen LogP contribution in [0, 0.1) is 17.8 Å².